The van der Waals surface area contributed by atoms with Gasteiger partial charge in [0.25, 0.3) is 11.8 Å². The summed E-state index contributed by atoms with van der Waals surface area (Å²) >= 11 is 0. The lowest BCUT2D eigenvalue weighted by Gasteiger charge is -2.26. The maximum absolute atomic E-state index is 13.3. The van der Waals surface area contributed by atoms with E-state index in [2.05, 4.69) is 11.4 Å². The Balaban J connectivity index is 1.71. The smallest absolute Gasteiger partial charge is 0.273 e. The molecule has 5 rings (SSSR count). The molecule has 4 aromatic carbocycles. The minimum atomic E-state index is -0.751. The minimum Gasteiger partial charge on any atom is -0.273 e. The highest BCUT2D eigenvalue weighted by atomic mass is 16.2. The zero-order chi connectivity index (χ0) is 21.5. The lowest BCUT2D eigenvalue weighted by molar-refractivity contribution is -0.122. The van der Waals surface area contributed by atoms with Gasteiger partial charge in [0.15, 0.2) is 0 Å². The van der Waals surface area contributed by atoms with Crippen molar-refractivity contribution in [3.05, 3.63) is 95.6 Å². The summed E-state index contributed by atoms with van der Waals surface area (Å²) in [6.45, 7) is 1.92. The molecule has 1 N–H and O–H groups in total. The number of hydrogen-bond acceptors (Lipinski definition) is 3. The van der Waals surface area contributed by atoms with Crippen molar-refractivity contribution >= 4 is 51.2 Å². The molecule has 1 fully saturated rings. The first-order chi connectivity index (χ1) is 15.0. The highest BCUT2D eigenvalue weighted by Crippen LogP contribution is 2.31. The molecule has 1 heterocycles. The zero-order valence-electron chi connectivity index (χ0n) is 16.8. The Bertz CT molecular complexity index is 1360. The highest BCUT2D eigenvalue weighted by molar-refractivity contribution is 6.39. The first-order valence-electron chi connectivity index (χ1n) is 9.91. The minimum absolute atomic E-state index is 0.0818. The number of benzene rings is 4. The fourth-order valence-corrected chi connectivity index (χ4v) is 3.93. The van der Waals surface area contributed by atoms with E-state index < -0.39 is 17.8 Å². The fraction of sp³-hybridized carbons (Fsp3) is 0.0385. The molecule has 1 aliphatic heterocycles. The maximum atomic E-state index is 13.3. The van der Waals surface area contributed by atoms with Gasteiger partial charge in [0.2, 0.25) is 0 Å². The topological polar surface area (TPSA) is 66.5 Å². The third kappa shape index (κ3) is 3.16. The van der Waals surface area contributed by atoms with Crippen LogP contribution in [0.2, 0.25) is 0 Å². The third-order valence-electron chi connectivity index (χ3n) is 5.50. The fourth-order valence-electron chi connectivity index (χ4n) is 3.93. The van der Waals surface area contributed by atoms with Crippen LogP contribution in [0.3, 0.4) is 0 Å². The number of urea groups is 1. The van der Waals surface area contributed by atoms with Crippen molar-refractivity contribution < 1.29 is 14.4 Å². The van der Waals surface area contributed by atoms with Gasteiger partial charge in [0, 0.05) is 0 Å². The number of barbiturate groups is 1. The number of nitrogens with zero attached hydrogens (tertiary/aromatic N) is 1. The van der Waals surface area contributed by atoms with Crippen molar-refractivity contribution in [2.75, 3.05) is 4.90 Å². The molecule has 0 atom stereocenters. The van der Waals surface area contributed by atoms with Crippen LogP contribution in [0.1, 0.15) is 11.1 Å². The Kier molecular flexibility index (Phi) is 4.37. The molecule has 31 heavy (non-hydrogen) atoms. The van der Waals surface area contributed by atoms with Gasteiger partial charge in [0.1, 0.15) is 5.57 Å². The lowest BCUT2D eigenvalue weighted by Crippen LogP contribution is -2.54. The molecule has 0 saturated carbocycles. The van der Waals surface area contributed by atoms with E-state index in [4.69, 9.17) is 0 Å². The van der Waals surface area contributed by atoms with Crippen LogP contribution in [-0.2, 0) is 9.59 Å². The van der Waals surface area contributed by atoms with Gasteiger partial charge in [-0.2, -0.15) is 0 Å². The van der Waals surface area contributed by atoms with Crippen LogP contribution in [0.15, 0.2) is 84.4 Å². The summed E-state index contributed by atoms with van der Waals surface area (Å²) in [6.07, 6.45) is 1.59. The summed E-state index contributed by atoms with van der Waals surface area (Å²) in [6, 6.07) is 24.0. The van der Waals surface area contributed by atoms with Gasteiger partial charge >= 0.3 is 6.03 Å². The quantitative estimate of drug-likeness (QED) is 0.290. The third-order valence-corrected chi connectivity index (χ3v) is 5.50. The molecular formula is C26H18N2O3. The Morgan fingerprint density at radius 1 is 0.774 bits per heavy atom. The number of fused-ring (bicyclic) bond motifs is 2. The number of carbonyl (C=O) groups excluding carboxylic acids is 3. The van der Waals surface area contributed by atoms with E-state index in [0.29, 0.717) is 5.69 Å². The Hall–Kier alpha value is -4.25. The molecule has 0 spiro atoms. The van der Waals surface area contributed by atoms with Crippen molar-refractivity contribution in [2.24, 2.45) is 0 Å². The van der Waals surface area contributed by atoms with E-state index in [1.54, 1.807) is 18.2 Å². The molecule has 0 bridgehead atoms. The number of imide groups is 2. The van der Waals surface area contributed by atoms with Crippen LogP contribution < -0.4 is 10.2 Å². The standard InChI is InChI=1S/C26H18N2O3/c1-16-10-12-19(13-11-16)28-25(30)23(24(29)27-26(28)31)15-22-20-8-4-2-6-17(20)14-18-7-3-5-9-21(18)22/h2-15H,1H3,(H,27,29,31). The van der Waals surface area contributed by atoms with Crippen molar-refractivity contribution in [3.8, 4) is 0 Å². The summed E-state index contributed by atoms with van der Waals surface area (Å²) in [4.78, 5) is 39.4. The van der Waals surface area contributed by atoms with E-state index in [0.717, 1.165) is 37.6 Å². The number of nitrogens with one attached hydrogen (secondary N) is 1. The monoisotopic (exact) mass is 406 g/mol. The normalized spacial score (nSPS) is 15.7. The van der Waals surface area contributed by atoms with Crippen LogP contribution in [0, 0.1) is 6.92 Å². The van der Waals surface area contributed by atoms with E-state index in [1.807, 2.05) is 67.6 Å². The van der Waals surface area contributed by atoms with Gasteiger partial charge in [0.05, 0.1) is 5.69 Å². The number of hydrogen-bond donors (Lipinski definition) is 1. The van der Waals surface area contributed by atoms with Gasteiger partial charge in [-0.3, -0.25) is 14.9 Å². The number of rotatable bonds is 2. The van der Waals surface area contributed by atoms with Gasteiger partial charge < -0.3 is 0 Å². The molecule has 0 aromatic heterocycles. The predicted molar refractivity (Wildman–Crippen MR) is 122 cm³/mol. The van der Waals surface area contributed by atoms with Gasteiger partial charge in [-0.25, -0.2) is 9.69 Å². The largest absolute Gasteiger partial charge is 0.335 e. The van der Waals surface area contributed by atoms with Gasteiger partial charge in [-0.15, -0.1) is 0 Å². The summed E-state index contributed by atoms with van der Waals surface area (Å²) in [5.74, 6) is -1.34. The molecule has 1 aliphatic rings. The van der Waals surface area contributed by atoms with E-state index in [1.165, 1.54) is 0 Å². The maximum Gasteiger partial charge on any atom is 0.335 e. The average molecular weight is 406 g/mol. The van der Waals surface area contributed by atoms with E-state index in [-0.39, 0.29) is 5.57 Å². The molecule has 0 aliphatic carbocycles. The summed E-state index contributed by atoms with van der Waals surface area (Å²) in [5.41, 5.74) is 2.10. The number of anilines is 1. The van der Waals surface area contributed by atoms with Gasteiger partial charge in [-0.05, 0) is 58.3 Å². The summed E-state index contributed by atoms with van der Waals surface area (Å²) < 4.78 is 0. The van der Waals surface area contributed by atoms with Crippen molar-refractivity contribution in [3.63, 3.8) is 0 Å². The molecule has 0 radical (unpaired) electrons. The lowest BCUT2D eigenvalue weighted by atomic mass is 9.94. The Morgan fingerprint density at radius 3 is 1.97 bits per heavy atom. The first kappa shape index (κ1) is 18.8. The molecule has 1 saturated heterocycles. The Morgan fingerprint density at radius 2 is 1.35 bits per heavy atom. The van der Waals surface area contributed by atoms with Gasteiger partial charge in [-0.1, -0.05) is 66.2 Å². The van der Waals surface area contributed by atoms with E-state index in [9.17, 15) is 14.4 Å². The van der Waals surface area contributed by atoms with Crippen molar-refractivity contribution in [1.29, 1.82) is 0 Å². The number of amides is 4. The highest BCUT2D eigenvalue weighted by Gasteiger charge is 2.37. The Labute approximate surface area is 178 Å². The molecule has 5 heteroatoms. The average Bonchev–Trinajstić information content (AvgIpc) is 2.77. The second-order valence-corrected chi connectivity index (χ2v) is 7.53. The van der Waals surface area contributed by atoms with E-state index >= 15 is 0 Å². The molecule has 4 amide bonds. The SMILES string of the molecule is Cc1ccc(N2C(=O)NC(=O)C(=Cc3c4ccccc4cc4ccccc34)C2=O)cc1. The first-order valence-corrected chi connectivity index (χ1v) is 9.91. The second-order valence-electron chi connectivity index (χ2n) is 7.53. The summed E-state index contributed by atoms with van der Waals surface area (Å²) in [5, 5.41) is 6.15. The van der Waals surface area contributed by atoms with Crippen LogP contribution in [0.4, 0.5) is 10.5 Å². The number of aryl methyl sites for hydroxylation is 1. The van der Waals surface area contributed by atoms with Crippen LogP contribution in [-0.4, -0.2) is 17.8 Å². The van der Waals surface area contributed by atoms with Crippen LogP contribution >= 0.6 is 0 Å². The molecule has 5 nitrogen and oxygen atoms in total. The van der Waals surface area contributed by atoms with Crippen LogP contribution in [0.5, 0.6) is 0 Å². The van der Waals surface area contributed by atoms with Crippen molar-refractivity contribution in [1.82, 2.24) is 5.32 Å². The number of carbonyl (C=O) groups is 3. The second kappa shape index (κ2) is 7.22. The molecule has 150 valence electrons. The predicted octanol–water partition coefficient (Wildman–Crippen LogP) is 4.97. The molecule has 4 aromatic rings. The zero-order valence-corrected chi connectivity index (χ0v) is 16.8. The molecular weight excluding hydrogens is 388 g/mol. The van der Waals surface area contributed by atoms with Crippen LogP contribution in [0.25, 0.3) is 27.6 Å². The molecule has 0 unspecified atom stereocenters. The van der Waals surface area contributed by atoms with Crippen molar-refractivity contribution in [2.45, 2.75) is 6.92 Å². The summed E-state index contributed by atoms with van der Waals surface area (Å²) in [7, 11) is 0.